The Morgan fingerprint density at radius 2 is 2.03 bits per heavy atom. The number of nitrogens with zero attached hydrogens (tertiary/aromatic N) is 1. The molecule has 3 rings (SSSR count). The number of nitrogens with one attached hydrogen (secondary N) is 1. The van der Waals surface area contributed by atoms with Crippen molar-refractivity contribution in [3.05, 3.63) is 54.0 Å². The Balaban J connectivity index is 2.05. The largest absolute Gasteiger partial charge is 0.496 e. The van der Waals surface area contributed by atoms with Gasteiger partial charge in [-0.15, -0.1) is 0 Å². The van der Waals surface area contributed by atoms with Crippen molar-refractivity contribution in [1.82, 2.24) is 10.3 Å². The second-order valence-electron chi connectivity index (χ2n) is 6.43. The monoisotopic (exact) mass is 399 g/mol. The molecule has 0 saturated carbocycles. The quantitative estimate of drug-likeness (QED) is 0.527. The topological polar surface area (TPSA) is 107 Å². The molecule has 4 N–H and O–H groups in total. The zero-order chi connectivity index (χ0) is 21.0. The van der Waals surface area contributed by atoms with Crippen LogP contribution < -0.4 is 20.5 Å². The molecule has 2 aromatic carbocycles. The molecule has 1 aromatic heterocycles. The number of aliphatic hydroxyl groups excluding tert-OH is 1. The third-order valence-electron chi connectivity index (χ3n) is 4.49. The van der Waals surface area contributed by atoms with E-state index in [0.29, 0.717) is 28.8 Å². The van der Waals surface area contributed by atoms with Crippen LogP contribution in [-0.4, -0.2) is 35.8 Å². The van der Waals surface area contributed by atoms with Crippen LogP contribution in [0.2, 0.25) is 0 Å². The van der Waals surface area contributed by atoms with E-state index in [1.54, 1.807) is 18.2 Å². The summed E-state index contributed by atoms with van der Waals surface area (Å²) in [5.74, 6) is -0.358. The maximum atomic E-state index is 14.2. The number of rotatable bonds is 7. The third kappa shape index (κ3) is 4.38. The number of nitrogen functional groups attached to an aromatic ring is 1. The molecule has 1 amide bonds. The second-order valence-corrected chi connectivity index (χ2v) is 6.43. The van der Waals surface area contributed by atoms with Gasteiger partial charge in [-0.1, -0.05) is 6.92 Å². The summed E-state index contributed by atoms with van der Waals surface area (Å²) < 4.78 is 25.2. The van der Waals surface area contributed by atoms with E-state index in [9.17, 15) is 14.3 Å². The van der Waals surface area contributed by atoms with Crippen LogP contribution in [0.15, 0.2) is 42.6 Å². The van der Waals surface area contributed by atoms with E-state index in [4.69, 9.17) is 15.2 Å². The van der Waals surface area contributed by atoms with E-state index < -0.39 is 11.7 Å². The Labute approximate surface area is 167 Å². The highest BCUT2D eigenvalue weighted by Crippen LogP contribution is 2.34. The highest BCUT2D eigenvalue weighted by Gasteiger charge is 2.19. The lowest BCUT2D eigenvalue weighted by Gasteiger charge is -2.17. The number of ether oxygens (including phenoxy) is 2. The van der Waals surface area contributed by atoms with Gasteiger partial charge in [0.1, 0.15) is 11.5 Å². The van der Waals surface area contributed by atoms with Gasteiger partial charge in [0.15, 0.2) is 11.6 Å². The van der Waals surface area contributed by atoms with Gasteiger partial charge in [-0.25, -0.2) is 4.39 Å². The highest BCUT2D eigenvalue weighted by molar-refractivity contribution is 6.02. The number of hydrogen-bond acceptors (Lipinski definition) is 6. The van der Waals surface area contributed by atoms with Crippen LogP contribution in [0.5, 0.6) is 17.2 Å². The smallest absolute Gasteiger partial charge is 0.255 e. The highest BCUT2D eigenvalue weighted by atomic mass is 19.1. The van der Waals surface area contributed by atoms with Crippen LogP contribution in [0.25, 0.3) is 10.9 Å². The van der Waals surface area contributed by atoms with Crippen molar-refractivity contribution >= 4 is 22.5 Å². The molecule has 0 aliphatic rings. The molecule has 0 aliphatic carbocycles. The Bertz CT molecular complexity index is 1040. The zero-order valence-corrected chi connectivity index (χ0v) is 16.1. The fourth-order valence-corrected chi connectivity index (χ4v) is 2.84. The summed E-state index contributed by atoms with van der Waals surface area (Å²) in [6.45, 7) is 1.68. The molecule has 8 heteroatoms. The van der Waals surface area contributed by atoms with Crippen LogP contribution in [0.4, 0.5) is 10.1 Å². The lowest BCUT2D eigenvalue weighted by molar-refractivity contribution is 0.0912. The molecule has 3 aromatic rings. The number of anilines is 1. The lowest BCUT2D eigenvalue weighted by Crippen LogP contribution is -2.37. The maximum Gasteiger partial charge on any atom is 0.255 e. The molecule has 0 unspecified atom stereocenters. The number of nitrogens with two attached hydrogens (primary N) is 1. The summed E-state index contributed by atoms with van der Waals surface area (Å²) in [5, 5.41) is 12.6. The predicted octanol–water partition coefficient (Wildman–Crippen LogP) is 3.26. The van der Waals surface area contributed by atoms with Gasteiger partial charge in [0, 0.05) is 29.4 Å². The van der Waals surface area contributed by atoms with Crippen molar-refractivity contribution in [3.63, 3.8) is 0 Å². The van der Waals surface area contributed by atoms with Gasteiger partial charge in [0.2, 0.25) is 0 Å². The Morgan fingerprint density at radius 1 is 1.24 bits per heavy atom. The van der Waals surface area contributed by atoms with Crippen LogP contribution in [-0.2, 0) is 0 Å². The number of methoxy groups -OCH3 is 1. The molecule has 0 aliphatic heterocycles. The third-order valence-corrected chi connectivity index (χ3v) is 4.49. The fourth-order valence-electron chi connectivity index (χ4n) is 2.84. The SMILES string of the molecule is CC[C@@H](CO)NC(=O)c1cc2c(Oc3ccc(N)cc3F)ccnc2cc1OC. The normalized spacial score (nSPS) is 11.9. The molecule has 0 radical (unpaired) electrons. The number of hydrogen-bond donors (Lipinski definition) is 3. The van der Waals surface area contributed by atoms with E-state index in [2.05, 4.69) is 10.3 Å². The summed E-state index contributed by atoms with van der Waals surface area (Å²) >= 11 is 0. The minimum absolute atomic E-state index is 0.000142. The van der Waals surface area contributed by atoms with E-state index in [1.807, 2.05) is 6.92 Å². The van der Waals surface area contributed by atoms with Crippen molar-refractivity contribution in [2.24, 2.45) is 0 Å². The van der Waals surface area contributed by atoms with Gasteiger partial charge in [0.25, 0.3) is 5.91 Å². The number of fused-ring (bicyclic) bond motifs is 1. The summed E-state index contributed by atoms with van der Waals surface area (Å²) in [5.41, 5.74) is 6.63. The molecule has 0 spiro atoms. The van der Waals surface area contributed by atoms with E-state index in [-0.39, 0.29) is 29.6 Å². The number of carbonyl (C=O) groups excluding carboxylic acids is 1. The lowest BCUT2D eigenvalue weighted by atomic mass is 10.1. The summed E-state index contributed by atoms with van der Waals surface area (Å²) in [7, 11) is 1.45. The summed E-state index contributed by atoms with van der Waals surface area (Å²) in [6.07, 6.45) is 2.09. The molecule has 7 nitrogen and oxygen atoms in total. The number of pyridine rings is 1. The minimum atomic E-state index is -0.602. The van der Waals surface area contributed by atoms with Crippen LogP contribution in [0, 0.1) is 5.82 Å². The summed E-state index contributed by atoms with van der Waals surface area (Å²) in [6, 6.07) is 8.51. The van der Waals surface area contributed by atoms with E-state index >= 15 is 0 Å². The van der Waals surface area contributed by atoms with Crippen molar-refractivity contribution in [2.75, 3.05) is 19.5 Å². The predicted molar refractivity (Wildman–Crippen MR) is 108 cm³/mol. The van der Waals surface area contributed by atoms with Crippen LogP contribution in [0.3, 0.4) is 0 Å². The molecule has 1 atom stereocenters. The molecule has 0 fully saturated rings. The first kappa shape index (κ1) is 20.3. The molecule has 1 heterocycles. The van der Waals surface area contributed by atoms with Gasteiger partial charge in [-0.2, -0.15) is 0 Å². The molecular formula is C21H22FN3O4. The Hall–Kier alpha value is -3.39. The molecule has 0 bridgehead atoms. The summed E-state index contributed by atoms with van der Waals surface area (Å²) in [4.78, 5) is 17.0. The van der Waals surface area contributed by atoms with Crippen molar-refractivity contribution < 1.29 is 23.8 Å². The molecular weight excluding hydrogens is 377 g/mol. The average Bonchev–Trinajstić information content (AvgIpc) is 2.73. The van der Waals surface area contributed by atoms with E-state index in [1.165, 1.54) is 31.5 Å². The van der Waals surface area contributed by atoms with Gasteiger partial charge < -0.3 is 25.6 Å². The zero-order valence-electron chi connectivity index (χ0n) is 16.1. The standard InChI is InChI=1S/C21H22FN3O4/c1-3-13(11-26)25-21(27)15-9-14-17(10-20(15)28-2)24-7-6-18(14)29-19-5-4-12(23)8-16(19)22/h4-10,13,26H,3,11,23H2,1-2H3,(H,25,27)/t13-/m0/s1. The van der Waals surface area contributed by atoms with Crippen LogP contribution >= 0.6 is 0 Å². The Morgan fingerprint density at radius 3 is 2.69 bits per heavy atom. The first-order valence-electron chi connectivity index (χ1n) is 9.08. The number of aliphatic hydroxyl groups is 1. The van der Waals surface area contributed by atoms with Crippen molar-refractivity contribution in [3.8, 4) is 17.2 Å². The number of aromatic nitrogens is 1. The number of amides is 1. The Kier molecular flexibility index (Phi) is 6.13. The van der Waals surface area contributed by atoms with E-state index in [0.717, 1.165) is 0 Å². The number of halogens is 1. The van der Waals surface area contributed by atoms with Crippen molar-refractivity contribution in [2.45, 2.75) is 19.4 Å². The first-order valence-corrected chi connectivity index (χ1v) is 9.08. The average molecular weight is 399 g/mol. The number of carbonyl (C=O) groups is 1. The van der Waals surface area contributed by atoms with Crippen molar-refractivity contribution in [1.29, 1.82) is 0 Å². The molecule has 152 valence electrons. The fraction of sp³-hybridized carbons (Fsp3) is 0.238. The molecule has 0 saturated heterocycles. The number of benzene rings is 2. The van der Waals surface area contributed by atoms with Gasteiger partial charge in [0.05, 0.1) is 30.8 Å². The first-order chi connectivity index (χ1) is 14.0. The minimum Gasteiger partial charge on any atom is -0.496 e. The van der Waals surface area contributed by atoms with Crippen LogP contribution in [0.1, 0.15) is 23.7 Å². The van der Waals surface area contributed by atoms with Gasteiger partial charge >= 0.3 is 0 Å². The van der Waals surface area contributed by atoms with Gasteiger partial charge in [-0.05, 0) is 30.7 Å². The van der Waals surface area contributed by atoms with Gasteiger partial charge in [-0.3, -0.25) is 9.78 Å². The second kappa shape index (κ2) is 8.74. The molecule has 29 heavy (non-hydrogen) atoms. The maximum absolute atomic E-state index is 14.2.